The largest absolute Gasteiger partial charge is 0.416 e. The number of anilines is 3. The Kier molecular flexibility index (Phi) is 18.6. The number of allylic oxidation sites excluding steroid dienone is 1. The quantitative estimate of drug-likeness (QED) is 0.0467. The molecule has 2 saturated heterocycles. The molecular weight excluding hydrogens is 1010 g/mol. The lowest BCUT2D eigenvalue weighted by atomic mass is 9.95. The van der Waals surface area contributed by atoms with E-state index in [-0.39, 0.29) is 111 Å². The summed E-state index contributed by atoms with van der Waals surface area (Å²) in [5, 5.41) is 11.3. The number of aromatic nitrogens is 4. The Balaban J connectivity index is 0.755. The fourth-order valence-electron chi connectivity index (χ4n) is 8.99. The molecule has 20 nitrogen and oxygen atoms in total. The highest BCUT2D eigenvalue weighted by atomic mass is 32.1. The van der Waals surface area contributed by atoms with E-state index < -0.39 is 17.6 Å². The van der Waals surface area contributed by atoms with Crippen LogP contribution in [0.15, 0.2) is 73.2 Å². The highest BCUT2D eigenvalue weighted by Gasteiger charge is 2.38. The highest BCUT2D eigenvalue weighted by Crippen LogP contribution is 2.37. The Bertz CT molecular complexity index is 2890. The Morgan fingerprint density at radius 1 is 0.908 bits per heavy atom. The molecule has 3 fully saturated rings. The van der Waals surface area contributed by atoms with Crippen molar-refractivity contribution in [2.24, 2.45) is 0 Å². The number of imide groups is 1. The molecule has 4 aromatic heterocycles. The zero-order chi connectivity index (χ0) is 53.6. The fourth-order valence-corrected chi connectivity index (χ4v) is 9.89. The van der Waals surface area contributed by atoms with E-state index in [0.717, 1.165) is 60.7 Å². The molecule has 1 aromatic carbocycles. The van der Waals surface area contributed by atoms with E-state index >= 15 is 0 Å². The van der Waals surface area contributed by atoms with E-state index in [9.17, 15) is 41.9 Å². The molecule has 3 aliphatic rings. The van der Waals surface area contributed by atoms with Gasteiger partial charge in [-0.1, -0.05) is 43.5 Å². The molecule has 1 saturated carbocycles. The Morgan fingerprint density at radius 3 is 2.41 bits per heavy atom. The van der Waals surface area contributed by atoms with Crippen LogP contribution in [0.1, 0.15) is 89.6 Å². The number of carbonyl (C=O) groups excluding carboxylic acids is 6. The zero-order valence-corrected chi connectivity index (χ0v) is 42.4. The second-order valence-corrected chi connectivity index (χ2v) is 19.3. The molecule has 24 heteroatoms. The molecule has 5 aromatic rings. The van der Waals surface area contributed by atoms with Crippen molar-refractivity contribution < 1.29 is 51.4 Å². The summed E-state index contributed by atoms with van der Waals surface area (Å²) in [6.45, 7) is 2.93. The smallest absolute Gasteiger partial charge is 0.383 e. The molecule has 0 unspecified atom stereocenters. The number of halogens is 3. The van der Waals surface area contributed by atoms with Gasteiger partial charge in [-0.2, -0.15) is 17.5 Å². The summed E-state index contributed by atoms with van der Waals surface area (Å²) in [6.07, 6.45) is 10.0. The number of hydrogen-bond donors (Lipinski definition) is 5. The third-order valence-electron chi connectivity index (χ3n) is 13.1. The molecule has 0 spiro atoms. The summed E-state index contributed by atoms with van der Waals surface area (Å²) in [6, 6.07) is 11.1. The minimum absolute atomic E-state index is 0.00943. The van der Waals surface area contributed by atoms with Crippen LogP contribution < -0.4 is 31.9 Å². The molecule has 2 aliphatic heterocycles. The van der Waals surface area contributed by atoms with E-state index in [0.29, 0.717) is 67.0 Å². The maximum atomic E-state index is 13.5. The molecule has 76 heavy (non-hydrogen) atoms. The minimum Gasteiger partial charge on any atom is -0.383 e. The zero-order valence-electron chi connectivity index (χ0n) is 41.6. The van der Waals surface area contributed by atoms with E-state index in [1.165, 1.54) is 29.9 Å². The van der Waals surface area contributed by atoms with Crippen molar-refractivity contribution >= 4 is 80.7 Å². The van der Waals surface area contributed by atoms with Gasteiger partial charge in [0, 0.05) is 80.5 Å². The van der Waals surface area contributed by atoms with Crippen molar-refractivity contribution in [1.29, 1.82) is 0 Å². The number of amides is 7. The lowest BCUT2D eigenvalue weighted by Gasteiger charge is -2.46. The summed E-state index contributed by atoms with van der Waals surface area (Å²) >= 11 is 1.23. The predicted molar refractivity (Wildman–Crippen MR) is 278 cm³/mol. The van der Waals surface area contributed by atoms with E-state index in [1.807, 2.05) is 17.1 Å². The predicted octanol–water partition coefficient (Wildman–Crippen LogP) is 6.06. The lowest BCUT2D eigenvalue weighted by molar-refractivity contribution is -0.137. The Hall–Kier alpha value is -7.57. The van der Waals surface area contributed by atoms with Gasteiger partial charge in [-0.25, -0.2) is 19.7 Å². The second-order valence-electron chi connectivity index (χ2n) is 18.5. The molecule has 1 aliphatic carbocycles. The van der Waals surface area contributed by atoms with Crippen molar-refractivity contribution in [3.8, 4) is 11.3 Å². The van der Waals surface area contributed by atoms with Gasteiger partial charge in [-0.15, -0.1) is 0 Å². The van der Waals surface area contributed by atoms with Crippen molar-refractivity contribution in [2.75, 3.05) is 81.6 Å². The third-order valence-corrected chi connectivity index (χ3v) is 14.0. The van der Waals surface area contributed by atoms with E-state index in [1.54, 1.807) is 40.3 Å². The monoisotopic (exact) mass is 1070 g/mol. The second kappa shape index (κ2) is 25.8. The van der Waals surface area contributed by atoms with Crippen LogP contribution in [0.2, 0.25) is 0 Å². The van der Waals surface area contributed by atoms with Crippen molar-refractivity contribution in [1.82, 2.24) is 45.1 Å². The average Bonchev–Trinajstić information content (AvgIpc) is 3.89. The van der Waals surface area contributed by atoms with Crippen LogP contribution in [0.4, 0.5) is 35.4 Å². The number of nitrogen functional groups attached to an aromatic ring is 1. The summed E-state index contributed by atoms with van der Waals surface area (Å²) in [5.41, 5.74) is 7.98. The van der Waals surface area contributed by atoms with Crippen LogP contribution in [0.3, 0.4) is 0 Å². The maximum Gasteiger partial charge on any atom is 0.416 e. The van der Waals surface area contributed by atoms with Crippen LogP contribution in [0.5, 0.6) is 0 Å². The summed E-state index contributed by atoms with van der Waals surface area (Å²) in [7, 11) is 0. The number of nitrogens with one attached hydrogen (secondary N) is 4. The van der Waals surface area contributed by atoms with Crippen LogP contribution >= 0.6 is 11.5 Å². The number of nitrogens with two attached hydrogens (primary N) is 1. The molecule has 7 amide bonds. The average molecular weight is 1070 g/mol. The minimum atomic E-state index is -4.59. The first kappa shape index (κ1) is 54.7. The first-order valence-electron chi connectivity index (χ1n) is 25.2. The number of fused-ring (bicyclic) bond motifs is 1. The molecule has 0 bridgehead atoms. The topological polar surface area (TPSA) is 256 Å². The normalized spacial score (nSPS) is 15.4. The SMILES string of the molecule is Nc1ncc(/C=C/CCCN(CC(=O)NC2CCCCC2)C(=O)CCOCCOCCNC(=O)c2ccc(N3CC(N4CCC(=O)NC4=O)C3)nc2)c2snc(-c3ccc(C(=O)Nc4cc(C(F)(F)F)ccn4)cc3)c12. The number of pyridine rings is 3. The summed E-state index contributed by atoms with van der Waals surface area (Å²) in [5.74, 6) is -0.895. The number of urea groups is 1. The van der Waals surface area contributed by atoms with Gasteiger partial charge in [0.25, 0.3) is 11.8 Å². The van der Waals surface area contributed by atoms with Crippen molar-refractivity contribution in [3.63, 3.8) is 0 Å². The van der Waals surface area contributed by atoms with Crippen LogP contribution in [0, 0.1) is 0 Å². The van der Waals surface area contributed by atoms with Gasteiger partial charge in [0.15, 0.2) is 0 Å². The highest BCUT2D eigenvalue weighted by molar-refractivity contribution is 7.14. The van der Waals surface area contributed by atoms with Crippen LogP contribution in [-0.4, -0.2) is 142 Å². The van der Waals surface area contributed by atoms with Gasteiger partial charge in [0.1, 0.15) is 17.5 Å². The number of carbonyl (C=O) groups is 6. The summed E-state index contributed by atoms with van der Waals surface area (Å²) < 4.78 is 56.2. The van der Waals surface area contributed by atoms with Crippen molar-refractivity contribution in [3.05, 3.63) is 95.5 Å². The van der Waals surface area contributed by atoms with E-state index in [4.69, 9.17) is 15.2 Å². The Morgan fingerprint density at radius 2 is 1.67 bits per heavy atom. The van der Waals surface area contributed by atoms with Gasteiger partial charge in [-0.3, -0.25) is 29.3 Å². The molecule has 0 radical (unpaired) electrons. The van der Waals surface area contributed by atoms with Gasteiger partial charge < -0.3 is 45.9 Å². The number of alkyl halides is 3. The van der Waals surface area contributed by atoms with Crippen LogP contribution in [-0.2, 0) is 30.0 Å². The molecule has 6 heterocycles. The lowest BCUT2D eigenvalue weighted by Crippen LogP contribution is -2.65. The number of ether oxygens (including phenoxy) is 2. The van der Waals surface area contributed by atoms with Crippen molar-refractivity contribution in [2.45, 2.75) is 76.0 Å². The molecule has 8 rings (SSSR count). The fraction of sp³-hybridized carbons (Fsp3) is 0.423. The first-order chi connectivity index (χ1) is 36.7. The van der Waals surface area contributed by atoms with Crippen LogP contribution in [0.25, 0.3) is 27.4 Å². The number of nitrogens with zero attached hydrogens (tertiary/aromatic N) is 7. The van der Waals surface area contributed by atoms with Gasteiger partial charge in [-0.05, 0) is 73.6 Å². The van der Waals surface area contributed by atoms with Gasteiger partial charge in [0.2, 0.25) is 17.7 Å². The van der Waals surface area contributed by atoms with Gasteiger partial charge in [0.05, 0.1) is 72.3 Å². The Labute approximate surface area is 440 Å². The summed E-state index contributed by atoms with van der Waals surface area (Å²) in [4.78, 5) is 93.7. The standard InChI is InChI=1S/C52H59F3N12O8S/c53-52(54,55)37-16-19-57-40(27-37)62-50(72)34-12-10-33(11-13-34)46-45-47(76-64-46)35(28-60-48(45)56)7-3-2-6-21-65(32-43(69)61-38-8-4-1-5-9-38)44(70)18-23-74-25-26-75-24-20-58-49(71)36-14-15-41(59-29-36)66-30-39(31-66)67-22-17-42(68)63-51(67)73/h3,7,10-16,19,27-29,38-39H,1-2,4-6,8-9,17-18,20-26,30-32H2,(H2,56,60)(H,58,71)(H,61,69)(H,57,62,72)(H,63,68,73)/b7-3+. The third kappa shape index (κ3) is 14.6. The number of unbranched alkanes of at least 4 members (excludes halogenated alkanes) is 1. The number of rotatable bonds is 23. The van der Waals surface area contributed by atoms with Gasteiger partial charge >= 0.3 is 12.2 Å². The van der Waals surface area contributed by atoms with E-state index in [2.05, 4.69) is 40.6 Å². The molecule has 0 atom stereocenters. The number of benzene rings is 1. The molecule has 6 N–H and O–H groups in total. The first-order valence-corrected chi connectivity index (χ1v) is 25.9. The molecular formula is C52H59F3N12O8S. The maximum absolute atomic E-state index is 13.5. The molecule has 402 valence electrons. The number of hydrogen-bond acceptors (Lipinski definition) is 15.